The molecule has 0 aliphatic rings. The zero-order valence-corrected chi connectivity index (χ0v) is 15.4. The summed E-state index contributed by atoms with van der Waals surface area (Å²) in [6, 6.07) is 16.3. The lowest BCUT2D eigenvalue weighted by atomic mass is 10.2. The zero-order valence-electron chi connectivity index (χ0n) is 15.4. The number of hydrogen-bond acceptors (Lipinski definition) is 4. The number of rotatable bonds is 9. The van der Waals surface area contributed by atoms with Gasteiger partial charge in [-0.2, -0.15) is 0 Å². The van der Waals surface area contributed by atoms with Crippen molar-refractivity contribution >= 4 is 17.6 Å². The Morgan fingerprint density at radius 2 is 1.81 bits per heavy atom. The number of benzene rings is 2. The Hall–Kier alpha value is -3.06. The van der Waals surface area contributed by atoms with E-state index in [-0.39, 0.29) is 18.2 Å². The van der Waals surface area contributed by atoms with Gasteiger partial charge in [0.05, 0.1) is 13.2 Å². The lowest BCUT2D eigenvalue weighted by Gasteiger charge is -2.11. The van der Waals surface area contributed by atoms with E-state index in [1.165, 1.54) is 12.1 Å². The Balaban J connectivity index is 1.70. The van der Waals surface area contributed by atoms with Gasteiger partial charge in [-0.05, 0) is 36.8 Å². The van der Waals surface area contributed by atoms with Crippen LogP contribution in [-0.2, 0) is 16.1 Å². The smallest absolute Gasteiger partial charge is 0.246 e. The van der Waals surface area contributed by atoms with Crippen molar-refractivity contribution in [2.24, 2.45) is 4.99 Å². The molecular weight excluding hydrogens is 344 g/mol. The fourth-order valence-corrected chi connectivity index (χ4v) is 2.24. The lowest BCUT2D eigenvalue weighted by Crippen LogP contribution is -2.39. The van der Waals surface area contributed by atoms with Crippen molar-refractivity contribution < 1.29 is 14.6 Å². The van der Waals surface area contributed by atoms with Gasteiger partial charge in [-0.3, -0.25) is 4.79 Å². The van der Waals surface area contributed by atoms with E-state index in [1.54, 1.807) is 12.1 Å². The number of carbonyl (C=O) groups excluding carboxylic acids is 1. The summed E-state index contributed by atoms with van der Waals surface area (Å²) in [5.41, 5.74) is 1.74. The number of phenolic OH excluding ortho intramolecular Hbond substituents is 1. The minimum atomic E-state index is -0.238. The average molecular weight is 370 g/mol. The van der Waals surface area contributed by atoms with Crippen molar-refractivity contribution in [1.82, 2.24) is 10.6 Å². The summed E-state index contributed by atoms with van der Waals surface area (Å²) in [4.78, 5) is 16.2. The van der Waals surface area contributed by atoms with E-state index >= 15 is 0 Å². The second kappa shape index (κ2) is 11.5. The Morgan fingerprint density at radius 1 is 1.07 bits per heavy atom. The third kappa shape index (κ3) is 8.24. The van der Waals surface area contributed by atoms with Gasteiger partial charge in [0.25, 0.3) is 0 Å². The molecule has 1 amide bonds. The molecule has 144 valence electrons. The number of guanidine groups is 1. The molecule has 0 unspecified atom stereocenters. The van der Waals surface area contributed by atoms with Crippen molar-refractivity contribution in [2.45, 2.75) is 13.5 Å². The predicted octanol–water partition coefficient (Wildman–Crippen LogP) is 2.10. The predicted molar refractivity (Wildman–Crippen MR) is 107 cm³/mol. The molecule has 0 aliphatic heterocycles. The van der Waals surface area contributed by atoms with Crippen LogP contribution in [-0.4, -0.2) is 43.2 Å². The van der Waals surface area contributed by atoms with Gasteiger partial charge < -0.3 is 25.8 Å². The van der Waals surface area contributed by atoms with Gasteiger partial charge in [-0.15, -0.1) is 0 Å². The van der Waals surface area contributed by atoms with Gasteiger partial charge in [0.15, 0.2) is 5.96 Å². The maximum Gasteiger partial charge on any atom is 0.246 e. The van der Waals surface area contributed by atoms with Gasteiger partial charge in [-0.1, -0.05) is 30.3 Å². The van der Waals surface area contributed by atoms with Gasteiger partial charge in [0, 0.05) is 18.8 Å². The summed E-state index contributed by atoms with van der Waals surface area (Å²) in [5, 5.41) is 18.2. The molecule has 2 rings (SSSR count). The number of ether oxygens (including phenoxy) is 1. The molecule has 2 aromatic carbocycles. The van der Waals surface area contributed by atoms with E-state index < -0.39 is 0 Å². The number of hydrogen-bond donors (Lipinski definition) is 4. The Labute approximate surface area is 159 Å². The highest BCUT2D eigenvalue weighted by molar-refractivity contribution is 5.94. The molecule has 0 heterocycles. The highest BCUT2D eigenvalue weighted by Gasteiger charge is 2.03. The van der Waals surface area contributed by atoms with Gasteiger partial charge in [0.2, 0.25) is 5.91 Å². The van der Waals surface area contributed by atoms with E-state index in [9.17, 15) is 9.90 Å². The van der Waals surface area contributed by atoms with Crippen LogP contribution in [0.15, 0.2) is 59.6 Å². The molecule has 27 heavy (non-hydrogen) atoms. The van der Waals surface area contributed by atoms with Crippen molar-refractivity contribution in [1.29, 1.82) is 0 Å². The highest BCUT2D eigenvalue weighted by Crippen LogP contribution is 2.13. The quantitative estimate of drug-likeness (QED) is 0.235. The fourth-order valence-electron chi connectivity index (χ4n) is 2.24. The second-order valence-electron chi connectivity index (χ2n) is 5.76. The third-order valence-electron chi connectivity index (χ3n) is 3.53. The van der Waals surface area contributed by atoms with E-state index in [2.05, 4.69) is 20.9 Å². The number of nitrogens with one attached hydrogen (secondary N) is 3. The highest BCUT2D eigenvalue weighted by atomic mass is 16.5. The average Bonchev–Trinajstić information content (AvgIpc) is 2.68. The first kappa shape index (κ1) is 20.3. The normalized spacial score (nSPS) is 11.1. The topological polar surface area (TPSA) is 95.0 Å². The molecule has 0 spiro atoms. The van der Waals surface area contributed by atoms with Gasteiger partial charge >= 0.3 is 0 Å². The first-order valence-electron chi connectivity index (χ1n) is 8.90. The minimum absolute atomic E-state index is 0.0128. The van der Waals surface area contributed by atoms with Crippen LogP contribution in [0.3, 0.4) is 0 Å². The van der Waals surface area contributed by atoms with Crippen molar-refractivity contribution in [3.8, 4) is 5.75 Å². The van der Waals surface area contributed by atoms with Crippen LogP contribution in [0, 0.1) is 0 Å². The number of carbonyl (C=O) groups is 1. The van der Waals surface area contributed by atoms with E-state index in [4.69, 9.17) is 4.74 Å². The Morgan fingerprint density at radius 3 is 2.52 bits per heavy atom. The molecule has 7 nitrogen and oxygen atoms in total. The van der Waals surface area contributed by atoms with Crippen LogP contribution >= 0.6 is 0 Å². The first-order valence-corrected chi connectivity index (χ1v) is 8.90. The maximum absolute atomic E-state index is 12.0. The van der Waals surface area contributed by atoms with Gasteiger partial charge in [-0.25, -0.2) is 4.99 Å². The molecule has 0 fully saturated rings. The minimum Gasteiger partial charge on any atom is -0.508 e. The number of nitrogens with zero attached hydrogens (tertiary/aromatic N) is 1. The monoisotopic (exact) mass is 370 g/mol. The molecule has 0 saturated carbocycles. The third-order valence-corrected chi connectivity index (χ3v) is 3.53. The molecular formula is C20H26N4O3. The molecule has 7 heteroatoms. The van der Waals surface area contributed by atoms with Crippen LogP contribution in [0.4, 0.5) is 5.69 Å². The molecule has 0 bridgehead atoms. The second-order valence-corrected chi connectivity index (χ2v) is 5.76. The number of aliphatic imine (C=N–C) groups is 1. The van der Waals surface area contributed by atoms with Crippen molar-refractivity contribution in [2.75, 3.05) is 31.6 Å². The van der Waals surface area contributed by atoms with Gasteiger partial charge in [0.1, 0.15) is 12.3 Å². The van der Waals surface area contributed by atoms with Crippen LogP contribution < -0.4 is 16.0 Å². The molecule has 0 atom stereocenters. The summed E-state index contributed by atoms with van der Waals surface area (Å²) in [7, 11) is 0. The van der Waals surface area contributed by atoms with E-state index in [0.717, 1.165) is 5.56 Å². The summed E-state index contributed by atoms with van der Waals surface area (Å²) < 4.78 is 5.62. The first-order chi connectivity index (χ1) is 13.2. The molecule has 0 radical (unpaired) electrons. The Bertz CT molecular complexity index is 718. The van der Waals surface area contributed by atoms with Crippen LogP contribution in [0.1, 0.15) is 12.5 Å². The Kier molecular flexibility index (Phi) is 8.65. The van der Waals surface area contributed by atoms with E-state index in [0.29, 0.717) is 38.0 Å². The van der Waals surface area contributed by atoms with Crippen molar-refractivity contribution in [3.05, 3.63) is 60.2 Å². The standard InChI is InChI=1S/C20H26N4O3/c1-2-21-20(22-12-13-27-15-16-6-4-3-5-7-16)23-14-19(26)24-17-8-10-18(25)11-9-17/h3-11,25H,2,12-15H2,1H3,(H,24,26)(H2,21,22,23). The maximum atomic E-state index is 12.0. The van der Waals surface area contributed by atoms with Crippen LogP contribution in [0.5, 0.6) is 5.75 Å². The van der Waals surface area contributed by atoms with E-state index in [1.807, 2.05) is 37.3 Å². The summed E-state index contributed by atoms with van der Waals surface area (Å²) >= 11 is 0. The molecule has 0 aliphatic carbocycles. The SMILES string of the molecule is CCNC(=NCC(=O)Nc1ccc(O)cc1)NCCOCc1ccccc1. The number of aromatic hydroxyl groups is 1. The summed E-state index contributed by atoms with van der Waals surface area (Å²) in [6.07, 6.45) is 0. The molecule has 0 saturated heterocycles. The zero-order chi connectivity index (χ0) is 19.3. The van der Waals surface area contributed by atoms with Crippen LogP contribution in [0.25, 0.3) is 0 Å². The lowest BCUT2D eigenvalue weighted by molar-refractivity contribution is -0.114. The fraction of sp³-hybridized carbons (Fsp3) is 0.300. The number of amides is 1. The molecule has 2 aromatic rings. The summed E-state index contributed by atoms with van der Waals surface area (Å²) in [5.74, 6) is 0.471. The molecule has 0 aromatic heterocycles. The summed E-state index contributed by atoms with van der Waals surface area (Å²) in [6.45, 7) is 4.31. The largest absolute Gasteiger partial charge is 0.508 e. The molecule has 4 N–H and O–H groups in total. The van der Waals surface area contributed by atoms with Crippen molar-refractivity contribution in [3.63, 3.8) is 0 Å². The van der Waals surface area contributed by atoms with Crippen LogP contribution in [0.2, 0.25) is 0 Å². The number of anilines is 1. The number of phenols is 1.